The molecule has 0 saturated carbocycles. The SMILES string of the molecule is COc1ccc(NC(=O)c2nc(C(=O)O)cs2)cc1OC. The quantitative estimate of drug-likeness (QED) is 0.878. The number of rotatable bonds is 5. The molecule has 2 N–H and O–H groups in total. The smallest absolute Gasteiger partial charge is 0.355 e. The number of anilines is 1. The van der Waals surface area contributed by atoms with Crippen molar-refractivity contribution >= 4 is 28.9 Å². The lowest BCUT2D eigenvalue weighted by Gasteiger charge is -2.09. The van der Waals surface area contributed by atoms with Crippen molar-refractivity contribution in [2.24, 2.45) is 0 Å². The Morgan fingerprint density at radius 3 is 2.52 bits per heavy atom. The standard InChI is InChI=1S/C13H12N2O5S/c1-19-9-4-3-7(5-10(9)20-2)14-11(16)12-15-8(6-21-12)13(17)18/h3-6H,1-2H3,(H,14,16)(H,17,18). The number of hydrogen-bond acceptors (Lipinski definition) is 6. The van der Waals surface area contributed by atoms with Crippen LogP contribution in [0.5, 0.6) is 11.5 Å². The molecule has 0 aliphatic carbocycles. The number of hydrogen-bond donors (Lipinski definition) is 2. The summed E-state index contributed by atoms with van der Waals surface area (Å²) in [5.41, 5.74) is 0.335. The maximum Gasteiger partial charge on any atom is 0.355 e. The number of aromatic carboxylic acids is 1. The van der Waals surface area contributed by atoms with E-state index >= 15 is 0 Å². The molecule has 0 fully saturated rings. The summed E-state index contributed by atoms with van der Waals surface area (Å²) in [5.74, 6) is -0.644. The summed E-state index contributed by atoms with van der Waals surface area (Å²) in [5, 5.41) is 12.8. The summed E-state index contributed by atoms with van der Waals surface area (Å²) in [6.07, 6.45) is 0. The maximum atomic E-state index is 12.0. The van der Waals surface area contributed by atoms with E-state index < -0.39 is 11.9 Å². The van der Waals surface area contributed by atoms with Gasteiger partial charge in [0.15, 0.2) is 22.2 Å². The van der Waals surface area contributed by atoms with Crippen LogP contribution in [0.1, 0.15) is 20.3 Å². The molecule has 7 nitrogen and oxygen atoms in total. The molecule has 2 aromatic rings. The highest BCUT2D eigenvalue weighted by molar-refractivity contribution is 7.12. The van der Waals surface area contributed by atoms with Crippen LogP contribution in [0.25, 0.3) is 0 Å². The third kappa shape index (κ3) is 3.29. The lowest BCUT2D eigenvalue weighted by atomic mass is 10.2. The molecule has 1 heterocycles. The Labute approximate surface area is 124 Å². The van der Waals surface area contributed by atoms with E-state index in [1.165, 1.54) is 19.6 Å². The molecule has 0 unspecified atom stereocenters. The summed E-state index contributed by atoms with van der Waals surface area (Å²) in [4.78, 5) is 26.4. The van der Waals surface area contributed by atoms with Gasteiger partial charge in [-0.15, -0.1) is 11.3 Å². The molecular weight excluding hydrogens is 296 g/mol. The molecule has 21 heavy (non-hydrogen) atoms. The number of aromatic nitrogens is 1. The first kappa shape index (κ1) is 14.8. The Kier molecular flexibility index (Phi) is 4.39. The van der Waals surface area contributed by atoms with Gasteiger partial charge >= 0.3 is 5.97 Å². The van der Waals surface area contributed by atoms with E-state index in [-0.39, 0.29) is 10.7 Å². The van der Waals surface area contributed by atoms with Crippen LogP contribution >= 0.6 is 11.3 Å². The van der Waals surface area contributed by atoms with E-state index in [0.29, 0.717) is 17.2 Å². The van der Waals surface area contributed by atoms with Crippen LogP contribution in [0.15, 0.2) is 23.6 Å². The summed E-state index contributed by atoms with van der Waals surface area (Å²) < 4.78 is 10.2. The zero-order valence-electron chi connectivity index (χ0n) is 11.2. The van der Waals surface area contributed by atoms with E-state index in [4.69, 9.17) is 14.6 Å². The monoisotopic (exact) mass is 308 g/mol. The minimum Gasteiger partial charge on any atom is -0.493 e. The lowest BCUT2D eigenvalue weighted by molar-refractivity contribution is 0.0691. The number of carbonyl (C=O) groups is 2. The van der Waals surface area contributed by atoms with Crippen LogP contribution in [0.3, 0.4) is 0 Å². The first-order valence-corrected chi connectivity index (χ1v) is 6.65. The number of carboxylic acids is 1. The summed E-state index contributed by atoms with van der Waals surface area (Å²) in [7, 11) is 3.00. The molecule has 0 saturated heterocycles. The minimum absolute atomic E-state index is 0.0715. The highest BCUT2D eigenvalue weighted by Gasteiger charge is 2.15. The Morgan fingerprint density at radius 1 is 1.24 bits per heavy atom. The number of nitrogens with one attached hydrogen (secondary N) is 1. The van der Waals surface area contributed by atoms with Crippen molar-refractivity contribution in [3.05, 3.63) is 34.3 Å². The van der Waals surface area contributed by atoms with Gasteiger partial charge in [0.2, 0.25) is 0 Å². The van der Waals surface area contributed by atoms with Gasteiger partial charge in [0.25, 0.3) is 5.91 Å². The van der Waals surface area contributed by atoms with Gasteiger partial charge in [0.1, 0.15) is 0 Å². The van der Waals surface area contributed by atoms with Gasteiger partial charge in [0, 0.05) is 17.1 Å². The van der Waals surface area contributed by atoms with Gasteiger partial charge in [-0.05, 0) is 12.1 Å². The van der Waals surface area contributed by atoms with E-state index in [2.05, 4.69) is 10.3 Å². The van der Waals surface area contributed by atoms with E-state index in [1.807, 2.05) is 0 Å². The van der Waals surface area contributed by atoms with Crippen LogP contribution in [-0.4, -0.2) is 36.2 Å². The fourth-order valence-corrected chi connectivity index (χ4v) is 2.26. The first-order chi connectivity index (χ1) is 10.0. The van der Waals surface area contributed by atoms with Crippen molar-refractivity contribution in [1.29, 1.82) is 0 Å². The van der Waals surface area contributed by atoms with Gasteiger partial charge in [0.05, 0.1) is 14.2 Å². The molecule has 0 radical (unpaired) electrons. The Hall–Kier alpha value is -2.61. The Morgan fingerprint density at radius 2 is 1.95 bits per heavy atom. The van der Waals surface area contributed by atoms with Gasteiger partial charge in [-0.2, -0.15) is 0 Å². The second kappa shape index (κ2) is 6.23. The van der Waals surface area contributed by atoms with Crippen molar-refractivity contribution in [1.82, 2.24) is 4.98 Å². The average molecular weight is 308 g/mol. The first-order valence-electron chi connectivity index (χ1n) is 5.77. The van der Waals surface area contributed by atoms with Crippen molar-refractivity contribution in [2.75, 3.05) is 19.5 Å². The van der Waals surface area contributed by atoms with E-state index in [9.17, 15) is 9.59 Å². The molecule has 0 aliphatic heterocycles. The summed E-state index contributed by atoms with van der Waals surface area (Å²) in [6.45, 7) is 0. The zero-order chi connectivity index (χ0) is 15.4. The number of amides is 1. The van der Waals surface area contributed by atoms with Gasteiger partial charge in [-0.1, -0.05) is 0 Å². The zero-order valence-corrected chi connectivity index (χ0v) is 12.1. The van der Waals surface area contributed by atoms with Crippen molar-refractivity contribution in [3.63, 3.8) is 0 Å². The number of benzene rings is 1. The number of ether oxygens (including phenoxy) is 2. The highest BCUT2D eigenvalue weighted by Crippen LogP contribution is 2.30. The number of carboxylic acid groups (broad SMARTS) is 1. The van der Waals surface area contributed by atoms with Crippen LogP contribution in [-0.2, 0) is 0 Å². The number of nitrogens with zero attached hydrogens (tertiary/aromatic N) is 1. The third-order valence-electron chi connectivity index (χ3n) is 2.56. The predicted octanol–water partition coefficient (Wildman–Crippen LogP) is 2.11. The van der Waals surface area contributed by atoms with Crippen molar-refractivity contribution in [2.45, 2.75) is 0 Å². The molecule has 0 bridgehead atoms. The van der Waals surface area contributed by atoms with Gasteiger partial charge in [-0.3, -0.25) is 4.79 Å². The molecule has 8 heteroatoms. The third-order valence-corrected chi connectivity index (χ3v) is 3.40. The fraction of sp³-hybridized carbons (Fsp3) is 0.154. The molecular formula is C13H12N2O5S. The number of methoxy groups -OCH3 is 2. The molecule has 2 rings (SSSR count). The van der Waals surface area contributed by atoms with E-state index in [1.54, 1.807) is 18.2 Å². The van der Waals surface area contributed by atoms with Gasteiger partial charge < -0.3 is 19.9 Å². The molecule has 0 spiro atoms. The van der Waals surface area contributed by atoms with Crippen LogP contribution in [0, 0.1) is 0 Å². The average Bonchev–Trinajstić information content (AvgIpc) is 2.97. The van der Waals surface area contributed by atoms with Crippen molar-refractivity contribution in [3.8, 4) is 11.5 Å². The van der Waals surface area contributed by atoms with Crippen LogP contribution in [0.2, 0.25) is 0 Å². The molecule has 0 atom stereocenters. The molecule has 1 aromatic carbocycles. The Bertz CT molecular complexity index is 683. The fourth-order valence-electron chi connectivity index (χ4n) is 1.57. The van der Waals surface area contributed by atoms with E-state index in [0.717, 1.165) is 11.3 Å². The van der Waals surface area contributed by atoms with Gasteiger partial charge in [-0.25, -0.2) is 9.78 Å². The predicted molar refractivity (Wildman–Crippen MR) is 76.6 cm³/mol. The second-order valence-corrected chi connectivity index (χ2v) is 4.73. The summed E-state index contributed by atoms with van der Waals surface area (Å²) >= 11 is 0.963. The van der Waals surface area contributed by atoms with Crippen LogP contribution in [0.4, 0.5) is 5.69 Å². The lowest BCUT2D eigenvalue weighted by Crippen LogP contribution is -2.12. The number of thiazole rings is 1. The minimum atomic E-state index is -1.17. The summed E-state index contributed by atoms with van der Waals surface area (Å²) in [6, 6.07) is 4.90. The maximum absolute atomic E-state index is 12.0. The molecule has 1 amide bonds. The Balaban J connectivity index is 2.17. The number of carbonyl (C=O) groups excluding carboxylic acids is 1. The topological polar surface area (TPSA) is 97.8 Å². The van der Waals surface area contributed by atoms with Crippen LogP contribution < -0.4 is 14.8 Å². The second-order valence-electron chi connectivity index (χ2n) is 3.87. The highest BCUT2D eigenvalue weighted by atomic mass is 32.1. The molecule has 1 aromatic heterocycles. The molecule has 0 aliphatic rings. The van der Waals surface area contributed by atoms with Crippen molar-refractivity contribution < 1.29 is 24.2 Å². The largest absolute Gasteiger partial charge is 0.493 e. The normalized spacial score (nSPS) is 10.0. The molecule has 110 valence electrons.